The number of pyridine rings is 4. The van der Waals surface area contributed by atoms with E-state index in [1.165, 1.54) is 73.1 Å². The SMILES string of the molecule is C1CCOC1.C=C(C)C(=O)OCCN=C=O.C=C(C)C(=O)OCCNC(=O)OCC(O)CC(C)O.CC(O)CC(O)CO.[Ir].[Ir].[c-]1c(-c2ccccn2)sc2ccccc12.[c-]1c(-c2ccccn2)sc2ccccc12.[c-]1c(-c2ccccn2)sc2ccccc12.[c-]1c(-c2ccccn2)sc2ccccc12. The van der Waals surface area contributed by atoms with Crippen molar-refractivity contribution in [2.24, 2.45) is 4.99 Å². The van der Waals surface area contributed by atoms with Crippen LogP contribution in [0.3, 0.4) is 0 Å². The van der Waals surface area contributed by atoms with Crippen LogP contribution in [0.2, 0.25) is 0 Å². The summed E-state index contributed by atoms with van der Waals surface area (Å²) in [4.78, 5) is 67.2. The summed E-state index contributed by atoms with van der Waals surface area (Å²) < 4.78 is 24.0. The van der Waals surface area contributed by atoms with Gasteiger partial charge in [-0.1, -0.05) is 110 Å². The van der Waals surface area contributed by atoms with Crippen molar-refractivity contribution < 1.29 is 104 Å². The number of benzene rings is 4. The van der Waals surface area contributed by atoms with Gasteiger partial charge in [0.25, 0.3) is 0 Å². The molecule has 13 rings (SSSR count). The van der Waals surface area contributed by atoms with Gasteiger partial charge in [-0.15, -0.1) is 94.3 Å². The number of rotatable bonds is 19. The Kier molecular flexibility index (Phi) is 43.0. The van der Waals surface area contributed by atoms with Crippen LogP contribution in [0.15, 0.2) is 224 Å². The van der Waals surface area contributed by atoms with Gasteiger partial charge >= 0.3 is 18.0 Å². The molecule has 1 aliphatic rings. The molecule has 1 amide bonds. The fourth-order valence-corrected chi connectivity index (χ4v) is 12.5. The van der Waals surface area contributed by atoms with E-state index in [1.807, 2.05) is 122 Å². The first kappa shape index (κ1) is 88.8. The maximum Gasteiger partial charge on any atom is 0.407 e. The second kappa shape index (κ2) is 50.8. The van der Waals surface area contributed by atoms with Crippen LogP contribution in [0.5, 0.6) is 0 Å². The molecule has 1 aliphatic heterocycles. The number of ether oxygens (including phenoxy) is 4. The van der Waals surface area contributed by atoms with E-state index in [-0.39, 0.29) is 98.1 Å². The van der Waals surface area contributed by atoms with Gasteiger partial charge in [0.15, 0.2) is 0 Å². The molecule has 8 aromatic heterocycles. The molecule has 105 heavy (non-hydrogen) atoms. The molecular weight excluding hydrogens is 1770 g/mol. The average Bonchev–Trinajstić information content (AvgIpc) is 1.71. The van der Waals surface area contributed by atoms with Crippen LogP contribution in [-0.4, -0.2) is 147 Å². The first-order valence-electron chi connectivity index (χ1n) is 32.7. The van der Waals surface area contributed by atoms with Crippen molar-refractivity contribution in [2.45, 2.75) is 77.8 Å². The summed E-state index contributed by atoms with van der Waals surface area (Å²) >= 11 is 6.93. The van der Waals surface area contributed by atoms with E-state index in [0.29, 0.717) is 5.57 Å². The molecule has 0 saturated carbocycles. The smallest absolute Gasteiger partial charge is 0.407 e. The number of amides is 1. The number of nitrogens with zero attached hydrogens (tertiary/aromatic N) is 5. The normalized spacial score (nSPS) is 11.9. The number of carbonyl (C=O) groups excluding carboxylic acids is 4. The molecule has 1 saturated heterocycles. The number of aliphatic hydroxyl groups excluding tert-OH is 5. The van der Waals surface area contributed by atoms with Crippen molar-refractivity contribution in [3.05, 3.63) is 243 Å². The minimum atomic E-state index is -0.910. The number of isocyanates is 1. The summed E-state index contributed by atoms with van der Waals surface area (Å²) in [6.45, 7) is 14.8. The van der Waals surface area contributed by atoms with Gasteiger partial charge in [-0.25, -0.2) is 69.5 Å². The number of carbonyl (C=O) groups is 3. The third kappa shape index (κ3) is 34.1. The largest absolute Gasteiger partial charge is 0.460 e. The number of esters is 2. The maximum atomic E-state index is 11.1. The number of aliphatic imine (C=N–C) groups is 1. The Morgan fingerprint density at radius 1 is 0.514 bits per heavy atom. The molecule has 19 nitrogen and oxygen atoms in total. The van der Waals surface area contributed by atoms with E-state index in [1.54, 1.807) is 59.2 Å². The number of hydrogen-bond donors (Lipinski definition) is 6. The first-order chi connectivity index (χ1) is 49.9. The van der Waals surface area contributed by atoms with Crippen molar-refractivity contribution >= 4 is 110 Å². The van der Waals surface area contributed by atoms with Crippen molar-refractivity contribution in [1.29, 1.82) is 0 Å². The van der Waals surface area contributed by atoms with E-state index < -0.39 is 42.4 Å². The molecular formula is C80H82Ir2N6O13S4-4. The number of nitrogens with one attached hydrogen (secondary N) is 1. The summed E-state index contributed by atoms with van der Waals surface area (Å²) in [5.74, 6) is -0.992. The van der Waals surface area contributed by atoms with Crippen molar-refractivity contribution in [1.82, 2.24) is 25.3 Å². The van der Waals surface area contributed by atoms with Gasteiger partial charge < -0.3 is 69.7 Å². The van der Waals surface area contributed by atoms with E-state index in [0.717, 1.165) is 55.5 Å². The molecule has 0 bridgehead atoms. The van der Waals surface area contributed by atoms with Gasteiger partial charge in [0.05, 0.1) is 44.1 Å². The van der Waals surface area contributed by atoms with Crippen molar-refractivity contribution in [3.8, 4) is 42.3 Å². The van der Waals surface area contributed by atoms with E-state index in [4.69, 9.17) is 29.9 Å². The minimum Gasteiger partial charge on any atom is -0.460 e. The first-order valence-corrected chi connectivity index (χ1v) is 36.0. The molecule has 12 aromatic rings. The molecule has 4 atom stereocenters. The number of aromatic nitrogens is 4. The number of fused-ring (bicyclic) bond motifs is 4. The predicted molar refractivity (Wildman–Crippen MR) is 411 cm³/mol. The Bertz CT molecular complexity index is 3940. The second-order valence-electron chi connectivity index (χ2n) is 22.4. The summed E-state index contributed by atoms with van der Waals surface area (Å²) in [5, 5.41) is 50.8. The van der Waals surface area contributed by atoms with Gasteiger partial charge in [0.1, 0.15) is 19.8 Å². The Morgan fingerprint density at radius 3 is 1.10 bits per heavy atom. The number of alkyl carbamates (subject to hydrolysis) is 1. The van der Waals surface area contributed by atoms with Crippen LogP contribution >= 0.6 is 45.3 Å². The standard InChI is InChI=1S/4C13H8NS.C12H21NO6.C7H9NO3.C5H12O3.C4H8O.2Ir/c4*1-2-7-12-10(5-1)9-13(15-12)11-6-3-4-8-14-11;1-8(2)11(16)18-5-4-13-12(17)19-7-10(15)6-9(3)14;1-6(2)7(10)11-4-3-8-5-9;1-4(7)2-5(8)3-6;1-2-4-5-3-1;;/h4*1-8H;9-10,14-15H,1,4-7H2,2-3H3,(H,13,17);1,3-4H2,2H3;4-8H,2-3H2,1H3;1-4H2;;/q4*-1;;;;;;. The fraction of sp³-hybridized carbons (Fsp3) is 0.250. The van der Waals surface area contributed by atoms with Crippen LogP contribution < -0.4 is 5.32 Å². The molecule has 9 heterocycles. The van der Waals surface area contributed by atoms with Gasteiger partial charge in [0, 0.05) is 125 Å². The Hall–Kier alpha value is -8.55. The molecule has 0 spiro atoms. The maximum absolute atomic E-state index is 11.1. The van der Waals surface area contributed by atoms with Crippen LogP contribution in [0.25, 0.3) is 82.6 Å². The molecule has 1 fully saturated rings. The molecule has 556 valence electrons. The van der Waals surface area contributed by atoms with Gasteiger partial charge in [-0.2, -0.15) is 0 Å². The third-order valence-electron chi connectivity index (χ3n) is 13.5. The van der Waals surface area contributed by atoms with Gasteiger partial charge in [-0.3, -0.25) is 0 Å². The van der Waals surface area contributed by atoms with Crippen LogP contribution in [0.1, 0.15) is 53.4 Å². The third-order valence-corrected chi connectivity index (χ3v) is 17.8. The van der Waals surface area contributed by atoms with E-state index >= 15 is 0 Å². The van der Waals surface area contributed by atoms with Crippen molar-refractivity contribution in [2.75, 3.05) is 52.7 Å². The molecule has 0 aliphatic carbocycles. The fourth-order valence-electron chi connectivity index (χ4n) is 8.56. The van der Waals surface area contributed by atoms with Gasteiger partial charge in [-0.05, 0) is 103 Å². The van der Waals surface area contributed by atoms with Crippen LogP contribution in [0, 0.1) is 24.3 Å². The quantitative estimate of drug-likeness (QED) is 0.00834. The second-order valence-corrected chi connectivity index (χ2v) is 26.6. The summed E-state index contributed by atoms with van der Waals surface area (Å²) in [6.07, 6.45) is 7.92. The number of hydrogen-bond acceptors (Lipinski definition) is 22. The predicted octanol–water partition coefficient (Wildman–Crippen LogP) is 15.4. The zero-order valence-electron chi connectivity index (χ0n) is 58.2. The summed E-state index contributed by atoms with van der Waals surface area (Å²) in [5.41, 5.74) is 4.61. The molecule has 4 unspecified atom stereocenters. The summed E-state index contributed by atoms with van der Waals surface area (Å²) in [6, 6.07) is 70.4. The number of aliphatic hydroxyl groups is 5. The zero-order chi connectivity index (χ0) is 74.0. The molecule has 6 N–H and O–H groups in total. The summed E-state index contributed by atoms with van der Waals surface area (Å²) in [7, 11) is 0. The van der Waals surface area contributed by atoms with Gasteiger partial charge in [0.2, 0.25) is 6.08 Å². The number of thiophene rings is 4. The Labute approximate surface area is 654 Å². The zero-order valence-corrected chi connectivity index (χ0v) is 66.3. The Morgan fingerprint density at radius 2 is 0.838 bits per heavy atom. The average molecular weight is 1850 g/mol. The minimum absolute atomic E-state index is 0. The van der Waals surface area contributed by atoms with Crippen molar-refractivity contribution in [3.63, 3.8) is 0 Å². The van der Waals surface area contributed by atoms with Crippen LogP contribution in [-0.2, 0) is 73.5 Å². The monoisotopic (exact) mass is 1850 g/mol. The van der Waals surface area contributed by atoms with Crippen LogP contribution in [0.4, 0.5) is 4.79 Å². The van der Waals surface area contributed by atoms with E-state index in [9.17, 15) is 24.3 Å². The molecule has 2 radical (unpaired) electrons. The Balaban J connectivity index is 0.000000258. The molecule has 25 heteroatoms. The van der Waals surface area contributed by atoms with E-state index in [2.05, 4.69) is 150 Å². The topological polar surface area (TPSA) is 282 Å². The molecule has 4 aromatic carbocycles.